The first kappa shape index (κ1) is 15.7. The number of carbonyl (C=O) groups is 3. The average Bonchev–Trinajstić information content (AvgIpc) is 3.12. The van der Waals surface area contributed by atoms with Crippen LogP contribution in [0.2, 0.25) is 0 Å². The summed E-state index contributed by atoms with van der Waals surface area (Å²) in [5, 5.41) is 8.09. The molecule has 0 spiro atoms. The first-order chi connectivity index (χ1) is 10.2. The number of rotatable bonds is 6. The molecule has 3 N–H and O–H groups in total. The first-order valence-electron chi connectivity index (χ1n) is 7.35. The molecular weight excluding hydrogens is 276 g/mol. The lowest BCUT2D eigenvalue weighted by Crippen LogP contribution is -2.45. The van der Waals surface area contributed by atoms with Gasteiger partial charge in [0.2, 0.25) is 5.91 Å². The fraction of sp³-hybridized carbons (Fsp3) is 0.769. The Kier molecular flexibility index (Phi) is 5.94. The fourth-order valence-corrected chi connectivity index (χ4v) is 2.37. The summed E-state index contributed by atoms with van der Waals surface area (Å²) >= 11 is 0. The van der Waals surface area contributed by atoms with Gasteiger partial charge in [0, 0.05) is 32.6 Å². The van der Waals surface area contributed by atoms with Crippen LogP contribution in [0.4, 0.5) is 0 Å². The lowest BCUT2D eigenvalue weighted by atomic mass is 10.3. The average molecular weight is 298 g/mol. The van der Waals surface area contributed by atoms with Gasteiger partial charge in [-0.25, -0.2) is 0 Å². The highest BCUT2D eigenvalue weighted by Gasteiger charge is 2.20. The minimum absolute atomic E-state index is 0.170. The largest absolute Gasteiger partial charge is 0.360 e. The van der Waals surface area contributed by atoms with E-state index in [2.05, 4.69) is 16.0 Å². The second-order valence-corrected chi connectivity index (χ2v) is 5.12. The number of carbonyl (C=O) groups excluding carboxylic acids is 3. The van der Waals surface area contributed by atoms with Crippen molar-refractivity contribution in [2.75, 3.05) is 39.3 Å². The molecule has 2 aliphatic rings. The third-order valence-corrected chi connectivity index (χ3v) is 3.51. The van der Waals surface area contributed by atoms with Crippen molar-refractivity contribution in [3.63, 3.8) is 0 Å². The molecule has 8 heteroatoms. The Hall–Kier alpha value is -1.67. The van der Waals surface area contributed by atoms with Gasteiger partial charge >= 0.3 is 11.8 Å². The van der Waals surface area contributed by atoms with Crippen LogP contribution >= 0.6 is 0 Å². The van der Waals surface area contributed by atoms with Crippen LogP contribution in [0.3, 0.4) is 0 Å². The van der Waals surface area contributed by atoms with Crippen molar-refractivity contribution >= 4 is 17.7 Å². The molecule has 0 unspecified atom stereocenters. The Labute approximate surface area is 123 Å². The number of hydrogen-bond acceptors (Lipinski definition) is 5. The molecule has 2 fully saturated rings. The zero-order chi connectivity index (χ0) is 15.1. The molecule has 0 radical (unpaired) electrons. The number of hydrogen-bond donors (Lipinski definition) is 3. The van der Waals surface area contributed by atoms with E-state index < -0.39 is 11.8 Å². The van der Waals surface area contributed by atoms with Gasteiger partial charge in [-0.15, -0.1) is 0 Å². The Morgan fingerprint density at radius 3 is 2.81 bits per heavy atom. The molecule has 3 amide bonds. The molecule has 0 bridgehead atoms. The van der Waals surface area contributed by atoms with Gasteiger partial charge in [0.25, 0.3) is 0 Å². The van der Waals surface area contributed by atoms with Crippen LogP contribution in [0, 0.1) is 0 Å². The number of amides is 3. The van der Waals surface area contributed by atoms with Gasteiger partial charge < -0.3 is 20.3 Å². The Morgan fingerprint density at radius 1 is 1.33 bits per heavy atom. The van der Waals surface area contributed by atoms with Gasteiger partial charge in [-0.1, -0.05) is 0 Å². The van der Waals surface area contributed by atoms with Crippen molar-refractivity contribution < 1.29 is 19.1 Å². The molecule has 0 aliphatic carbocycles. The highest BCUT2D eigenvalue weighted by atomic mass is 16.5. The number of likely N-dealkylation sites (tertiary alicyclic amines) is 1. The van der Waals surface area contributed by atoms with Crippen molar-refractivity contribution in [1.29, 1.82) is 0 Å². The molecule has 0 aromatic heterocycles. The molecule has 21 heavy (non-hydrogen) atoms. The SMILES string of the molecule is O=C(NCCCN1CCCC1=O)C(=O)NC[C@H]1NCCO1. The second-order valence-electron chi connectivity index (χ2n) is 5.12. The highest BCUT2D eigenvalue weighted by molar-refractivity contribution is 6.35. The minimum Gasteiger partial charge on any atom is -0.360 e. The zero-order valence-corrected chi connectivity index (χ0v) is 12.0. The Morgan fingerprint density at radius 2 is 2.14 bits per heavy atom. The van der Waals surface area contributed by atoms with Gasteiger partial charge in [-0.2, -0.15) is 0 Å². The number of nitrogens with one attached hydrogen (secondary N) is 3. The summed E-state index contributed by atoms with van der Waals surface area (Å²) in [6.07, 6.45) is 1.96. The standard InChI is InChI=1S/C13H22N4O4/c18-11-3-1-6-17(11)7-2-4-15-12(19)13(20)16-9-10-14-5-8-21-10/h10,14H,1-9H2,(H,15,19)(H,16,20)/t10-/m0/s1. The summed E-state index contributed by atoms with van der Waals surface area (Å²) in [6, 6.07) is 0. The molecule has 8 nitrogen and oxygen atoms in total. The van der Waals surface area contributed by atoms with Crippen LogP contribution in [-0.2, 0) is 19.1 Å². The highest BCUT2D eigenvalue weighted by Crippen LogP contribution is 2.09. The summed E-state index contributed by atoms with van der Waals surface area (Å²) in [5.41, 5.74) is 0. The van der Waals surface area contributed by atoms with Crippen LogP contribution in [0.25, 0.3) is 0 Å². The van der Waals surface area contributed by atoms with Crippen molar-refractivity contribution in [2.45, 2.75) is 25.5 Å². The molecule has 2 saturated heterocycles. The molecular formula is C13H22N4O4. The van der Waals surface area contributed by atoms with Crippen LogP contribution in [0.1, 0.15) is 19.3 Å². The smallest absolute Gasteiger partial charge is 0.309 e. The van der Waals surface area contributed by atoms with Gasteiger partial charge in [0.15, 0.2) is 0 Å². The van der Waals surface area contributed by atoms with Crippen LogP contribution in [0.15, 0.2) is 0 Å². The van der Waals surface area contributed by atoms with Crippen molar-refractivity contribution in [2.24, 2.45) is 0 Å². The Balaban J connectivity index is 1.53. The lowest BCUT2D eigenvalue weighted by molar-refractivity contribution is -0.139. The predicted molar refractivity (Wildman–Crippen MR) is 74.2 cm³/mol. The number of ether oxygens (including phenoxy) is 1. The van der Waals surface area contributed by atoms with E-state index >= 15 is 0 Å². The molecule has 2 heterocycles. The maximum Gasteiger partial charge on any atom is 0.309 e. The van der Waals surface area contributed by atoms with Gasteiger partial charge in [-0.05, 0) is 12.8 Å². The lowest BCUT2D eigenvalue weighted by Gasteiger charge is -2.15. The predicted octanol–water partition coefficient (Wildman–Crippen LogP) is -1.82. The van der Waals surface area contributed by atoms with Crippen molar-refractivity contribution in [3.05, 3.63) is 0 Å². The topological polar surface area (TPSA) is 99.8 Å². The van der Waals surface area contributed by atoms with Gasteiger partial charge in [0.05, 0.1) is 13.2 Å². The maximum absolute atomic E-state index is 11.5. The van der Waals surface area contributed by atoms with Gasteiger partial charge in [-0.3, -0.25) is 19.7 Å². The molecule has 0 saturated carbocycles. The van der Waals surface area contributed by atoms with Crippen molar-refractivity contribution in [1.82, 2.24) is 20.9 Å². The maximum atomic E-state index is 11.5. The van der Waals surface area contributed by atoms with Crippen LogP contribution in [-0.4, -0.2) is 68.2 Å². The van der Waals surface area contributed by atoms with E-state index in [9.17, 15) is 14.4 Å². The summed E-state index contributed by atoms with van der Waals surface area (Å²) in [7, 11) is 0. The number of nitrogens with zero attached hydrogens (tertiary/aromatic N) is 1. The van der Waals surface area contributed by atoms with E-state index in [1.165, 1.54) is 0 Å². The molecule has 2 aliphatic heterocycles. The summed E-state index contributed by atoms with van der Waals surface area (Å²) in [6.45, 7) is 3.44. The molecule has 0 aromatic rings. The van der Waals surface area contributed by atoms with Crippen LogP contribution in [0.5, 0.6) is 0 Å². The monoisotopic (exact) mass is 298 g/mol. The third kappa shape index (κ3) is 4.98. The molecule has 1 atom stereocenters. The second kappa shape index (κ2) is 7.94. The van der Waals surface area contributed by atoms with E-state index in [0.717, 1.165) is 19.5 Å². The van der Waals surface area contributed by atoms with Crippen LogP contribution < -0.4 is 16.0 Å². The normalized spacial score (nSPS) is 21.6. The first-order valence-corrected chi connectivity index (χ1v) is 7.35. The van der Waals surface area contributed by atoms with Crippen molar-refractivity contribution in [3.8, 4) is 0 Å². The summed E-state index contributed by atoms with van der Waals surface area (Å²) in [4.78, 5) is 36.2. The molecule has 0 aromatic carbocycles. The van der Waals surface area contributed by atoms with E-state index in [1.54, 1.807) is 4.90 Å². The summed E-state index contributed by atoms with van der Waals surface area (Å²) in [5.74, 6) is -1.14. The Bertz CT molecular complexity index is 396. The third-order valence-electron chi connectivity index (χ3n) is 3.51. The van der Waals surface area contributed by atoms with E-state index in [0.29, 0.717) is 32.5 Å². The quantitative estimate of drug-likeness (QED) is 0.396. The fourth-order valence-electron chi connectivity index (χ4n) is 2.37. The van der Waals surface area contributed by atoms with E-state index in [1.807, 2.05) is 0 Å². The molecule has 2 rings (SSSR count). The minimum atomic E-state index is -0.662. The van der Waals surface area contributed by atoms with E-state index in [-0.39, 0.29) is 18.7 Å². The molecule has 118 valence electrons. The van der Waals surface area contributed by atoms with E-state index in [4.69, 9.17) is 4.74 Å². The van der Waals surface area contributed by atoms with Gasteiger partial charge in [0.1, 0.15) is 6.23 Å². The summed E-state index contributed by atoms with van der Waals surface area (Å²) < 4.78 is 5.25. The zero-order valence-electron chi connectivity index (χ0n) is 12.0.